The first kappa shape index (κ1) is 21.2. The molecule has 9 heteroatoms. The van der Waals surface area contributed by atoms with E-state index >= 15 is 0 Å². The lowest BCUT2D eigenvalue weighted by Gasteiger charge is -2.10. The van der Waals surface area contributed by atoms with Crippen molar-refractivity contribution in [3.8, 4) is 0 Å². The number of pyridine rings is 1. The Morgan fingerprint density at radius 2 is 1.61 bits per heavy atom. The van der Waals surface area contributed by atoms with E-state index in [-0.39, 0.29) is 43.6 Å². The van der Waals surface area contributed by atoms with Gasteiger partial charge in [0, 0.05) is 32.3 Å². The van der Waals surface area contributed by atoms with Crippen LogP contribution in [0.15, 0.2) is 48.7 Å². The summed E-state index contributed by atoms with van der Waals surface area (Å²) in [5, 5.41) is 8.15. The van der Waals surface area contributed by atoms with E-state index in [1.165, 1.54) is 6.07 Å². The molecule has 0 atom stereocenters. The van der Waals surface area contributed by atoms with Crippen molar-refractivity contribution >= 4 is 17.6 Å². The van der Waals surface area contributed by atoms with Gasteiger partial charge in [0.25, 0.3) is 0 Å². The SMILES string of the molecule is O=C(CCNC(=O)Cc1ccccc1)NCCNc1ccc(C(F)(F)F)cn1. The lowest BCUT2D eigenvalue weighted by Crippen LogP contribution is -2.33. The predicted molar refractivity (Wildman–Crippen MR) is 98.5 cm³/mol. The summed E-state index contributed by atoms with van der Waals surface area (Å²) in [6.07, 6.45) is -3.28. The number of carbonyl (C=O) groups excluding carboxylic acids is 2. The topological polar surface area (TPSA) is 83.1 Å². The van der Waals surface area contributed by atoms with Crippen molar-refractivity contribution in [2.75, 3.05) is 25.0 Å². The number of benzene rings is 1. The van der Waals surface area contributed by atoms with Gasteiger partial charge in [-0.1, -0.05) is 30.3 Å². The van der Waals surface area contributed by atoms with Crippen LogP contribution in [0.3, 0.4) is 0 Å². The molecule has 0 aliphatic heterocycles. The molecule has 0 saturated carbocycles. The average molecular weight is 394 g/mol. The number of carbonyl (C=O) groups is 2. The van der Waals surface area contributed by atoms with Gasteiger partial charge in [0.05, 0.1) is 12.0 Å². The predicted octanol–water partition coefficient (Wildman–Crippen LogP) is 2.38. The van der Waals surface area contributed by atoms with Gasteiger partial charge in [0.2, 0.25) is 11.8 Å². The summed E-state index contributed by atoms with van der Waals surface area (Å²) in [5.41, 5.74) is 0.0769. The van der Waals surface area contributed by atoms with Crippen LogP contribution in [0.1, 0.15) is 17.5 Å². The number of amides is 2. The summed E-state index contributed by atoms with van der Waals surface area (Å²) < 4.78 is 37.3. The first-order valence-electron chi connectivity index (χ1n) is 8.69. The highest BCUT2D eigenvalue weighted by Gasteiger charge is 2.30. The number of rotatable bonds is 9. The van der Waals surface area contributed by atoms with Crippen LogP contribution in [0, 0.1) is 0 Å². The summed E-state index contributed by atoms with van der Waals surface area (Å²) in [5.74, 6) is -0.105. The van der Waals surface area contributed by atoms with Crippen LogP contribution in [0.5, 0.6) is 0 Å². The monoisotopic (exact) mass is 394 g/mol. The molecule has 0 aliphatic carbocycles. The average Bonchev–Trinajstić information content (AvgIpc) is 2.66. The van der Waals surface area contributed by atoms with Crippen LogP contribution in [-0.4, -0.2) is 36.4 Å². The normalized spacial score (nSPS) is 11.0. The smallest absolute Gasteiger partial charge is 0.368 e. The van der Waals surface area contributed by atoms with Gasteiger partial charge in [-0.05, 0) is 17.7 Å². The molecule has 2 amide bonds. The van der Waals surface area contributed by atoms with Gasteiger partial charge in [-0.15, -0.1) is 0 Å². The zero-order chi connectivity index (χ0) is 20.4. The molecule has 0 unspecified atom stereocenters. The Labute approximate surface area is 160 Å². The van der Waals surface area contributed by atoms with Crippen molar-refractivity contribution in [2.45, 2.75) is 19.0 Å². The number of alkyl halides is 3. The van der Waals surface area contributed by atoms with Crippen molar-refractivity contribution < 1.29 is 22.8 Å². The maximum absolute atomic E-state index is 12.4. The number of nitrogens with one attached hydrogen (secondary N) is 3. The highest BCUT2D eigenvalue weighted by Crippen LogP contribution is 2.28. The Hall–Kier alpha value is -3.10. The van der Waals surface area contributed by atoms with E-state index in [2.05, 4.69) is 20.9 Å². The first-order chi connectivity index (χ1) is 13.3. The van der Waals surface area contributed by atoms with Crippen LogP contribution in [0.4, 0.5) is 19.0 Å². The Morgan fingerprint density at radius 3 is 2.25 bits per heavy atom. The van der Waals surface area contributed by atoms with E-state index in [4.69, 9.17) is 0 Å². The molecule has 0 saturated heterocycles. The van der Waals surface area contributed by atoms with E-state index in [0.29, 0.717) is 6.54 Å². The highest BCUT2D eigenvalue weighted by atomic mass is 19.4. The van der Waals surface area contributed by atoms with Gasteiger partial charge in [0.1, 0.15) is 5.82 Å². The quantitative estimate of drug-likeness (QED) is 0.571. The molecule has 28 heavy (non-hydrogen) atoms. The van der Waals surface area contributed by atoms with Crippen LogP contribution in [-0.2, 0) is 22.2 Å². The number of hydrogen-bond acceptors (Lipinski definition) is 4. The molecule has 2 aromatic rings. The molecule has 150 valence electrons. The van der Waals surface area contributed by atoms with Crippen molar-refractivity contribution in [3.05, 3.63) is 59.8 Å². The fraction of sp³-hybridized carbons (Fsp3) is 0.316. The lowest BCUT2D eigenvalue weighted by atomic mass is 10.1. The van der Waals surface area contributed by atoms with Gasteiger partial charge in [-0.25, -0.2) is 4.98 Å². The van der Waals surface area contributed by atoms with Gasteiger partial charge < -0.3 is 16.0 Å². The van der Waals surface area contributed by atoms with Crippen LogP contribution in [0.2, 0.25) is 0 Å². The summed E-state index contributed by atoms with van der Waals surface area (Å²) in [6, 6.07) is 11.4. The highest BCUT2D eigenvalue weighted by molar-refractivity contribution is 5.80. The standard InChI is InChI=1S/C19H21F3N4O2/c20-19(21,22)15-6-7-16(26-13-15)23-10-11-25-17(27)8-9-24-18(28)12-14-4-2-1-3-5-14/h1-7,13H,8-12H2,(H,23,26)(H,24,28)(H,25,27). The second-order valence-electron chi connectivity index (χ2n) is 5.97. The molecule has 6 nitrogen and oxygen atoms in total. The van der Waals surface area contributed by atoms with Crippen molar-refractivity contribution in [1.82, 2.24) is 15.6 Å². The van der Waals surface area contributed by atoms with Crippen molar-refractivity contribution in [1.29, 1.82) is 0 Å². The molecular weight excluding hydrogens is 373 g/mol. The third-order valence-electron chi connectivity index (χ3n) is 3.73. The molecule has 3 N–H and O–H groups in total. The van der Waals surface area contributed by atoms with Crippen LogP contribution in [0.25, 0.3) is 0 Å². The minimum Gasteiger partial charge on any atom is -0.368 e. The molecule has 0 aliphatic rings. The molecule has 0 spiro atoms. The van der Waals surface area contributed by atoms with E-state index in [9.17, 15) is 22.8 Å². The summed E-state index contributed by atoms with van der Waals surface area (Å²) in [4.78, 5) is 27.2. The van der Waals surface area contributed by atoms with Crippen LogP contribution < -0.4 is 16.0 Å². The Balaban J connectivity index is 1.57. The van der Waals surface area contributed by atoms with E-state index < -0.39 is 11.7 Å². The maximum atomic E-state index is 12.4. The third kappa shape index (κ3) is 7.65. The molecule has 1 aromatic heterocycles. The molecule has 0 radical (unpaired) electrons. The van der Waals surface area contributed by atoms with Gasteiger partial charge in [0.15, 0.2) is 0 Å². The lowest BCUT2D eigenvalue weighted by molar-refractivity contribution is -0.137. The molecule has 1 aromatic carbocycles. The van der Waals surface area contributed by atoms with Crippen LogP contribution >= 0.6 is 0 Å². The number of halogens is 3. The minimum absolute atomic E-state index is 0.138. The van der Waals surface area contributed by atoms with Crippen molar-refractivity contribution in [2.24, 2.45) is 0 Å². The second kappa shape index (κ2) is 10.3. The summed E-state index contributed by atoms with van der Waals surface area (Å²) in [7, 11) is 0. The maximum Gasteiger partial charge on any atom is 0.417 e. The molecule has 2 rings (SSSR count). The molecule has 0 fully saturated rings. The zero-order valence-electron chi connectivity index (χ0n) is 15.1. The van der Waals surface area contributed by atoms with Gasteiger partial charge in [-0.2, -0.15) is 13.2 Å². The summed E-state index contributed by atoms with van der Waals surface area (Å²) >= 11 is 0. The zero-order valence-corrected chi connectivity index (χ0v) is 15.1. The van der Waals surface area contributed by atoms with Gasteiger partial charge in [-0.3, -0.25) is 9.59 Å². The van der Waals surface area contributed by atoms with E-state index in [1.807, 2.05) is 30.3 Å². The molecular formula is C19H21F3N4O2. The first-order valence-corrected chi connectivity index (χ1v) is 8.69. The Bertz CT molecular complexity index is 765. The summed E-state index contributed by atoms with van der Waals surface area (Å²) in [6.45, 7) is 0.815. The van der Waals surface area contributed by atoms with E-state index in [1.54, 1.807) is 0 Å². The number of anilines is 1. The Kier molecular flexibility index (Phi) is 7.79. The second-order valence-corrected chi connectivity index (χ2v) is 5.97. The number of hydrogen-bond donors (Lipinski definition) is 3. The van der Waals surface area contributed by atoms with Gasteiger partial charge >= 0.3 is 6.18 Å². The fourth-order valence-corrected chi connectivity index (χ4v) is 2.31. The molecule has 0 bridgehead atoms. The molecule has 1 heterocycles. The number of nitrogens with zero attached hydrogens (tertiary/aromatic N) is 1. The fourth-order valence-electron chi connectivity index (χ4n) is 2.31. The largest absolute Gasteiger partial charge is 0.417 e. The Morgan fingerprint density at radius 1 is 0.893 bits per heavy atom. The van der Waals surface area contributed by atoms with E-state index in [0.717, 1.165) is 17.8 Å². The van der Waals surface area contributed by atoms with Crippen molar-refractivity contribution in [3.63, 3.8) is 0 Å². The number of aromatic nitrogens is 1. The third-order valence-corrected chi connectivity index (χ3v) is 3.73. The minimum atomic E-state index is -4.42.